The van der Waals surface area contributed by atoms with Crippen molar-refractivity contribution in [2.75, 3.05) is 0 Å². The molecule has 1 saturated carbocycles. The lowest BCUT2D eigenvalue weighted by atomic mass is 10.1. The van der Waals surface area contributed by atoms with Gasteiger partial charge in [0, 0.05) is 12.0 Å². The van der Waals surface area contributed by atoms with E-state index in [2.05, 4.69) is 0 Å². The van der Waals surface area contributed by atoms with E-state index in [1.807, 2.05) is 12.1 Å². The minimum absolute atomic E-state index is 0.279. The Bertz CT molecular complexity index is 311. The number of halogens is 2. The second-order valence-corrected chi connectivity index (χ2v) is 3.93. The first-order valence-electron chi connectivity index (χ1n) is 3.89. The van der Waals surface area contributed by atoms with Crippen LogP contribution in [0.1, 0.15) is 17.9 Å². The van der Waals surface area contributed by atoms with Gasteiger partial charge in [-0.3, -0.25) is 0 Å². The third-order valence-electron chi connectivity index (χ3n) is 2.22. The van der Waals surface area contributed by atoms with Crippen LogP contribution in [-0.4, -0.2) is 6.04 Å². The monoisotopic (exact) mass is 201 g/mol. The van der Waals surface area contributed by atoms with Crippen molar-refractivity contribution in [1.82, 2.24) is 0 Å². The largest absolute Gasteiger partial charge is 0.327 e. The van der Waals surface area contributed by atoms with Crippen molar-refractivity contribution in [3.8, 4) is 0 Å². The molecule has 1 aliphatic rings. The first kappa shape index (κ1) is 8.36. The van der Waals surface area contributed by atoms with E-state index in [9.17, 15) is 0 Å². The molecule has 2 unspecified atom stereocenters. The summed E-state index contributed by atoms with van der Waals surface area (Å²) in [5, 5.41) is 1.28. The van der Waals surface area contributed by atoms with Gasteiger partial charge in [0.2, 0.25) is 0 Å². The summed E-state index contributed by atoms with van der Waals surface area (Å²) >= 11 is 11.9. The molecular formula is C9H9Cl2N. The van der Waals surface area contributed by atoms with E-state index in [0.717, 1.165) is 12.0 Å². The minimum Gasteiger partial charge on any atom is -0.327 e. The van der Waals surface area contributed by atoms with E-state index >= 15 is 0 Å². The number of benzene rings is 1. The summed E-state index contributed by atoms with van der Waals surface area (Å²) in [5.74, 6) is 0.427. The fourth-order valence-electron chi connectivity index (χ4n) is 1.38. The highest BCUT2D eigenvalue weighted by molar-refractivity contribution is 6.42. The van der Waals surface area contributed by atoms with Crippen LogP contribution in [-0.2, 0) is 0 Å². The van der Waals surface area contributed by atoms with Gasteiger partial charge in [-0.05, 0) is 18.1 Å². The average Bonchev–Trinajstić information content (AvgIpc) is 2.73. The zero-order valence-electron chi connectivity index (χ0n) is 6.43. The van der Waals surface area contributed by atoms with Crippen molar-refractivity contribution in [2.45, 2.75) is 18.4 Å². The SMILES string of the molecule is NC1CC1c1cccc(Cl)c1Cl. The molecule has 0 radical (unpaired) electrons. The third kappa shape index (κ3) is 1.33. The Labute approximate surface area is 81.5 Å². The molecule has 1 aromatic rings. The quantitative estimate of drug-likeness (QED) is 0.744. The lowest BCUT2D eigenvalue weighted by molar-refractivity contribution is 0.991. The molecule has 1 aromatic carbocycles. The Morgan fingerprint density at radius 1 is 1.33 bits per heavy atom. The first-order valence-corrected chi connectivity index (χ1v) is 4.65. The molecule has 1 fully saturated rings. The van der Waals surface area contributed by atoms with Crippen molar-refractivity contribution in [3.63, 3.8) is 0 Å². The maximum Gasteiger partial charge on any atom is 0.0627 e. The van der Waals surface area contributed by atoms with Gasteiger partial charge in [0.15, 0.2) is 0 Å². The molecule has 12 heavy (non-hydrogen) atoms. The van der Waals surface area contributed by atoms with Crippen molar-refractivity contribution in [3.05, 3.63) is 33.8 Å². The summed E-state index contributed by atoms with van der Waals surface area (Å²) in [6, 6.07) is 5.97. The van der Waals surface area contributed by atoms with E-state index in [1.54, 1.807) is 6.07 Å². The standard InChI is InChI=1S/C9H9Cl2N/c10-7-3-1-2-5(9(7)11)6-4-8(6)12/h1-3,6,8H,4,12H2. The average molecular weight is 202 g/mol. The molecule has 0 aromatic heterocycles. The highest BCUT2D eigenvalue weighted by Crippen LogP contribution is 2.43. The smallest absolute Gasteiger partial charge is 0.0627 e. The molecule has 0 aliphatic heterocycles. The van der Waals surface area contributed by atoms with Crippen LogP contribution in [0.5, 0.6) is 0 Å². The minimum atomic E-state index is 0.279. The van der Waals surface area contributed by atoms with Crippen molar-refractivity contribution in [2.24, 2.45) is 5.73 Å². The third-order valence-corrected chi connectivity index (χ3v) is 3.05. The molecule has 2 N–H and O–H groups in total. The lowest BCUT2D eigenvalue weighted by Crippen LogP contribution is -2.01. The maximum atomic E-state index is 6.01. The van der Waals surface area contributed by atoms with Crippen LogP contribution in [0.4, 0.5) is 0 Å². The molecule has 64 valence electrons. The number of hydrogen-bond donors (Lipinski definition) is 1. The number of nitrogens with two attached hydrogens (primary N) is 1. The summed E-state index contributed by atoms with van der Waals surface area (Å²) < 4.78 is 0. The van der Waals surface area contributed by atoms with E-state index < -0.39 is 0 Å². The fourth-order valence-corrected chi connectivity index (χ4v) is 1.83. The molecule has 2 atom stereocenters. The predicted molar refractivity (Wildman–Crippen MR) is 51.8 cm³/mol. The molecule has 1 nitrogen and oxygen atoms in total. The molecule has 0 heterocycles. The van der Waals surface area contributed by atoms with Crippen LogP contribution in [0.15, 0.2) is 18.2 Å². The van der Waals surface area contributed by atoms with Crippen LogP contribution < -0.4 is 5.73 Å². The number of rotatable bonds is 1. The second-order valence-electron chi connectivity index (χ2n) is 3.15. The van der Waals surface area contributed by atoms with Crippen molar-refractivity contribution >= 4 is 23.2 Å². The summed E-state index contributed by atoms with van der Waals surface area (Å²) in [6.45, 7) is 0. The van der Waals surface area contributed by atoms with Gasteiger partial charge in [-0.1, -0.05) is 35.3 Å². The van der Waals surface area contributed by atoms with E-state index in [1.165, 1.54) is 0 Å². The molecule has 3 heteroatoms. The predicted octanol–water partition coefficient (Wildman–Crippen LogP) is 2.81. The Hall–Kier alpha value is -0.240. The molecule has 0 bridgehead atoms. The molecule has 2 rings (SSSR count). The van der Waals surface area contributed by atoms with Gasteiger partial charge in [0.05, 0.1) is 10.0 Å². The number of hydrogen-bond acceptors (Lipinski definition) is 1. The van der Waals surface area contributed by atoms with Gasteiger partial charge >= 0.3 is 0 Å². The normalized spacial score (nSPS) is 27.2. The Kier molecular flexibility index (Phi) is 2.03. The van der Waals surface area contributed by atoms with Gasteiger partial charge in [0.1, 0.15) is 0 Å². The Morgan fingerprint density at radius 3 is 2.58 bits per heavy atom. The maximum absolute atomic E-state index is 6.01. The zero-order valence-corrected chi connectivity index (χ0v) is 7.94. The van der Waals surface area contributed by atoms with Gasteiger partial charge in [-0.15, -0.1) is 0 Å². The van der Waals surface area contributed by atoms with Crippen LogP contribution >= 0.6 is 23.2 Å². The van der Waals surface area contributed by atoms with E-state index in [0.29, 0.717) is 16.0 Å². The fraction of sp³-hybridized carbons (Fsp3) is 0.333. The van der Waals surface area contributed by atoms with E-state index in [-0.39, 0.29) is 6.04 Å². The molecule has 0 amide bonds. The van der Waals surface area contributed by atoms with Crippen LogP contribution in [0, 0.1) is 0 Å². The van der Waals surface area contributed by atoms with Crippen LogP contribution in [0.25, 0.3) is 0 Å². The second kappa shape index (κ2) is 2.91. The lowest BCUT2D eigenvalue weighted by Gasteiger charge is -2.02. The Balaban J connectivity index is 2.38. The molecule has 0 saturated heterocycles. The summed E-state index contributed by atoms with van der Waals surface area (Å²) in [4.78, 5) is 0. The van der Waals surface area contributed by atoms with Gasteiger partial charge in [-0.2, -0.15) is 0 Å². The zero-order chi connectivity index (χ0) is 8.72. The van der Waals surface area contributed by atoms with Gasteiger partial charge in [0.25, 0.3) is 0 Å². The van der Waals surface area contributed by atoms with Gasteiger partial charge in [-0.25, -0.2) is 0 Å². The molecular weight excluding hydrogens is 193 g/mol. The highest BCUT2D eigenvalue weighted by atomic mass is 35.5. The van der Waals surface area contributed by atoms with Crippen LogP contribution in [0.3, 0.4) is 0 Å². The van der Waals surface area contributed by atoms with Crippen LogP contribution in [0.2, 0.25) is 10.0 Å². The first-order chi connectivity index (χ1) is 5.70. The van der Waals surface area contributed by atoms with Crippen molar-refractivity contribution in [1.29, 1.82) is 0 Å². The van der Waals surface area contributed by atoms with E-state index in [4.69, 9.17) is 28.9 Å². The summed E-state index contributed by atoms with van der Waals surface area (Å²) in [5.41, 5.74) is 6.81. The highest BCUT2D eigenvalue weighted by Gasteiger charge is 2.36. The van der Waals surface area contributed by atoms with Gasteiger partial charge < -0.3 is 5.73 Å². The summed E-state index contributed by atoms with van der Waals surface area (Å²) in [6.07, 6.45) is 1.03. The van der Waals surface area contributed by atoms with Crippen molar-refractivity contribution < 1.29 is 0 Å². The Morgan fingerprint density at radius 2 is 2.00 bits per heavy atom. The molecule has 0 spiro atoms. The topological polar surface area (TPSA) is 26.0 Å². The molecule has 1 aliphatic carbocycles. The summed E-state index contributed by atoms with van der Waals surface area (Å²) in [7, 11) is 0.